The van der Waals surface area contributed by atoms with Gasteiger partial charge in [-0.3, -0.25) is 9.59 Å². The third-order valence-electron chi connectivity index (χ3n) is 5.09. The van der Waals surface area contributed by atoms with Gasteiger partial charge in [-0.2, -0.15) is 0 Å². The number of imide groups is 1. The van der Waals surface area contributed by atoms with E-state index in [1.54, 1.807) is 31.4 Å². The summed E-state index contributed by atoms with van der Waals surface area (Å²) < 4.78 is 10.6. The van der Waals surface area contributed by atoms with Gasteiger partial charge in [-0.25, -0.2) is 4.90 Å². The molecule has 7 nitrogen and oxygen atoms in total. The molecule has 0 aliphatic carbocycles. The van der Waals surface area contributed by atoms with Gasteiger partial charge in [0.25, 0.3) is 5.91 Å². The van der Waals surface area contributed by atoms with Crippen LogP contribution < -0.4 is 14.4 Å². The van der Waals surface area contributed by atoms with Crippen molar-refractivity contribution >= 4 is 23.2 Å². The summed E-state index contributed by atoms with van der Waals surface area (Å²) in [4.78, 5) is 32.7. The molecule has 0 radical (unpaired) electrons. The Balaban J connectivity index is 1.73. The van der Waals surface area contributed by atoms with E-state index >= 15 is 0 Å². The normalized spacial score (nSPS) is 20.7. The predicted molar refractivity (Wildman–Crippen MR) is 103 cm³/mol. The van der Waals surface area contributed by atoms with Crippen LogP contribution in [0, 0.1) is 19.8 Å². The second-order valence-corrected chi connectivity index (χ2v) is 6.85. The van der Waals surface area contributed by atoms with Gasteiger partial charge in [-0.1, -0.05) is 22.9 Å². The van der Waals surface area contributed by atoms with Gasteiger partial charge in [0.05, 0.1) is 19.9 Å². The maximum atomic E-state index is 13.2. The number of ether oxygens (including phenoxy) is 2. The van der Waals surface area contributed by atoms with Crippen molar-refractivity contribution in [2.45, 2.75) is 20.0 Å². The molecule has 0 aromatic heterocycles. The molecule has 0 spiro atoms. The molecule has 144 valence electrons. The van der Waals surface area contributed by atoms with E-state index in [2.05, 4.69) is 5.16 Å². The maximum absolute atomic E-state index is 13.2. The van der Waals surface area contributed by atoms with Crippen LogP contribution in [-0.2, 0) is 14.4 Å². The predicted octanol–water partition coefficient (Wildman–Crippen LogP) is 2.61. The van der Waals surface area contributed by atoms with Gasteiger partial charge in [0.1, 0.15) is 23.1 Å². The summed E-state index contributed by atoms with van der Waals surface area (Å²) in [7, 11) is 3.08. The molecule has 0 N–H and O–H groups in total. The standard InChI is InChI=1S/C21H20N2O5/c1-11-5-8-15(12(2)9-11)23-20(24)17-18(22-28-19(17)21(23)25)14-7-6-13(26-3)10-16(14)27-4/h5-10,17,19H,1-4H3/t17-,19-/m1/s1. The first-order valence-corrected chi connectivity index (χ1v) is 8.87. The van der Waals surface area contributed by atoms with Crippen LogP contribution in [-0.4, -0.2) is 37.8 Å². The van der Waals surface area contributed by atoms with E-state index in [1.165, 1.54) is 12.0 Å². The topological polar surface area (TPSA) is 77.4 Å². The Hall–Kier alpha value is -3.35. The minimum absolute atomic E-state index is 0.351. The van der Waals surface area contributed by atoms with E-state index in [9.17, 15) is 9.59 Å². The molecule has 28 heavy (non-hydrogen) atoms. The first kappa shape index (κ1) is 18.0. The van der Waals surface area contributed by atoms with E-state index in [0.29, 0.717) is 28.5 Å². The fraction of sp³-hybridized carbons (Fsp3) is 0.286. The Morgan fingerprint density at radius 1 is 1.00 bits per heavy atom. The highest BCUT2D eigenvalue weighted by Crippen LogP contribution is 2.38. The van der Waals surface area contributed by atoms with Crippen LogP contribution in [0.4, 0.5) is 5.69 Å². The van der Waals surface area contributed by atoms with E-state index in [1.807, 2.05) is 26.0 Å². The van der Waals surface area contributed by atoms with Crippen LogP contribution in [0.5, 0.6) is 11.5 Å². The first-order chi connectivity index (χ1) is 13.5. The van der Waals surface area contributed by atoms with Gasteiger partial charge in [0.15, 0.2) is 0 Å². The SMILES string of the molecule is COc1ccc(C2=NO[C@H]3C(=O)N(c4ccc(C)cc4C)C(=O)[C@H]23)c(OC)c1. The van der Waals surface area contributed by atoms with Crippen molar-refractivity contribution in [3.05, 3.63) is 53.1 Å². The quantitative estimate of drug-likeness (QED) is 0.762. The molecule has 2 atom stereocenters. The molecule has 0 saturated carbocycles. The van der Waals surface area contributed by atoms with Gasteiger partial charge < -0.3 is 14.3 Å². The molecule has 4 rings (SSSR count). The van der Waals surface area contributed by atoms with Crippen LogP contribution in [0.15, 0.2) is 41.6 Å². The molecular formula is C21H20N2O5. The number of oxime groups is 1. The highest BCUT2D eigenvalue weighted by molar-refractivity contribution is 6.33. The molecule has 0 unspecified atom stereocenters. The molecule has 0 bridgehead atoms. The van der Waals surface area contributed by atoms with E-state index in [4.69, 9.17) is 14.3 Å². The second kappa shape index (κ2) is 6.67. The fourth-order valence-electron chi connectivity index (χ4n) is 3.70. The minimum atomic E-state index is -0.963. The number of carbonyl (C=O) groups excluding carboxylic acids is 2. The third kappa shape index (κ3) is 2.62. The van der Waals surface area contributed by atoms with Crippen LogP contribution in [0.2, 0.25) is 0 Å². The molecular weight excluding hydrogens is 360 g/mol. The van der Waals surface area contributed by atoms with Crippen LogP contribution in [0.1, 0.15) is 16.7 Å². The summed E-state index contributed by atoms with van der Waals surface area (Å²) >= 11 is 0. The molecule has 1 fully saturated rings. The number of anilines is 1. The highest BCUT2D eigenvalue weighted by atomic mass is 16.7. The molecule has 2 heterocycles. The van der Waals surface area contributed by atoms with E-state index < -0.39 is 17.9 Å². The van der Waals surface area contributed by atoms with E-state index in [-0.39, 0.29) is 5.91 Å². The summed E-state index contributed by atoms with van der Waals surface area (Å²) in [6, 6.07) is 10.8. The molecule has 2 amide bonds. The number of carbonyl (C=O) groups is 2. The Labute approximate surface area is 162 Å². The molecule has 2 aliphatic rings. The van der Waals surface area contributed by atoms with Crippen molar-refractivity contribution in [1.29, 1.82) is 0 Å². The molecule has 1 saturated heterocycles. The zero-order valence-corrected chi connectivity index (χ0v) is 16.1. The number of aryl methyl sites for hydroxylation is 2. The Kier molecular flexibility index (Phi) is 4.30. The van der Waals surface area contributed by atoms with Gasteiger partial charge >= 0.3 is 0 Å². The third-order valence-corrected chi connectivity index (χ3v) is 5.09. The number of hydrogen-bond donors (Lipinski definition) is 0. The summed E-state index contributed by atoms with van der Waals surface area (Å²) in [6.07, 6.45) is -0.963. The monoisotopic (exact) mass is 380 g/mol. The second-order valence-electron chi connectivity index (χ2n) is 6.85. The minimum Gasteiger partial charge on any atom is -0.497 e. The van der Waals surface area contributed by atoms with Gasteiger partial charge in [0.2, 0.25) is 12.0 Å². The lowest BCUT2D eigenvalue weighted by Crippen LogP contribution is -2.33. The zero-order chi connectivity index (χ0) is 20.0. The summed E-state index contributed by atoms with van der Waals surface area (Å²) in [6.45, 7) is 3.84. The van der Waals surface area contributed by atoms with Crippen LogP contribution in [0.25, 0.3) is 0 Å². The number of benzene rings is 2. The highest BCUT2D eigenvalue weighted by Gasteiger charge is 2.56. The average molecular weight is 380 g/mol. The Morgan fingerprint density at radius 3 is 2.46 bits per heavy atom. The van der Waals surface area contributed by atoms with Crippen molar-refractivity contribution in [3.63, 3.8) is 0 Å². The first-order valence-electron chi connectivity index (χ1n) is 8.87. The Bertz CT molecular complexity index is 1010. The zero-order valence-electron chi connectivity index (χ0n) is 16.1. The smallest absolute Gasteiger partial charge is 0.278 e. The average Bonchev–Trinajstić information content (AvgIpc) is 3.22. The Morgan fingerprint density at radius 2 is 1.79 bits per heavy atom. The molecule has 7 heteroatoms. The van der Waals surface area contributed by atoms with Crippen molar-refractivity contribution in [3.8, 4) is 11.5 Å². The number of amides is 2. The lowest BCUT2D eigenvalue weighted by atomic mass is 9.93. The number of fused-ring (bicyclic) bond motifs is 1. The maximum Gasteiger partial charge on any atom is 0.278 e. The molecule has 2 aliphatic heterocycles. The molecule has 2 aromatic rings. The fourth-order valence-corrected chi connectivity index (χ4v) is 3.70. The van der Waals surface area contributed by atoms with Gasteiger partial charge in [-0.15, -0.1) is 0 Å². The van der Waals surface area contributed by atoms with Crippen molar-refractivity contribution < 1.29 is 23.9 Å². The van der Waals surface area contributed by atoms with Crippen molar-refractivity contribution in [1.82, 2.24) is 0 Å². The molecule has 2 aromatic carbocycles. The van der Waals surface area contributed by atoms with Crippen molar-refractivity contribution in [2.75, 3.05) is 19.1 Å². The summed E-state index contributed by atoms with van der Waals surface area (Å²) in [5.41, 5.74) is 3.46. The lowest BCUT2D eigenvalue weighted by molar-refractivity contribution is -0.126. The number of nitrogens with zero attached hydrogens (tertiary/aromatic N) is 2. The van der Waals surface area contributed by atoms with Gasteiger partial charge in [0, 0.05) is 11.6 Å². The lowest BCUT2D eigenvalue weighted by Gasteiger charge is -2.18. The van der Waals surface area contributed by atoms with E-state index in [0.717, 1.165) is 11.1 Å². The number of rotatable bonds is 4. The number of methoxy groups -OCH3 is 2. The van der Waals surface area contributed by atoms with Crippen LogP contribution in [0.3, 0.4) is 0 Å². The van der Waals surface area contributed by atoms with Crippen molar-refractivity contribution in [2.24, 2.45) is 11.1 Å². The van der Waals surface area contributed by atoms with Gasteiger partial charge in [-0.05, 0) is 37.6 Å². The largest absolute Gasteiger partial charge is 0.497 e. The summed E-state index contributed by atoms with van der Waals surface area (Å²) in [5.74, 6) is -0.463. The summed E-state index contributed by atoms with van der Waals surface area (Å²) in [5, 5.41) is 4.05. The number of hydrogen-bond acceptors (Lipinski definition) is 6. The van der Waals surface area contributed by atoms with Crippen LogP contribution >= 0.6 is 0 Å².